The standard InChI is InChI=1S/C34H39N3O6/c1-33-18-10-21-35(24-12-6-5-7-13-24)30(39)27(33)28-31(40)37(20-8-3-4-9-23-38)29-32(41)36(22-11-19-34(28,29)43-33)25-14-16-26(42-2)17-15-25/h5-7,10-19,27-29,38H,3-4,8-9,20-23H2,1-2H3/t27-,28+,29?,33+,34+/m1/s1. The number of amides is 3. The monoisotopic (exact) mass is 585 g/mol. The van der Waals surface area contributed by atoms with Gasteiger partial charge < -0.3 is 29.3 Å². The van der Waals surface area contributed by atoms with Crippen molar-refractivity contribution >= 4 is 29.1 Å². The molecule has 0 radical (unpaired) electrons. The fourth-order valence-corrected chi connectivity index (χ4v) is 7.34. The van der Waals surface area contributed by atoms with Crippen molar-refractivity contribution in [2.45, 2.75) is 49.9 Å². The first-order valence-corrected chi connectivity index (χ1v) is 15.1. The molecule has 3 amide bonds. The maximum atomic E-state index is 14.6. The summed E-state index contributed by atoms with van der Waals surface area (Å²) in [4.78, 5) is 48.6. The Morgan fingerprint density at radius 1 is 0.814 bits per heavy atom. The summed E-state index contributed by atoms with van der Waals surface area (Å²) in [6, 6.07) is 15.8. The van der Waals surface area contributed by atoms with Crippen molar-refractivity contribution in [1.82, 2.24) is 4.90 Å². The number of aliphatic hydroxyl groups is 1. The third-order valence-corrected chi connectivity index (χ3v) is 9.32. The summed E-state index contributed by atoms with van der Waals surface area (Å²) >= 11 is 0. The number of hydrogen-bond donors (Lipinski definition) is 1. The van der Waals surface area contributed by atoms with Crippen LogP contribution >= 0.6 is 0 Å². The van der Waals surface area contributed by atoms with Crippen molar-refractivity contribution in [1.29, 1.82) is 0 Å². The first-order valence-electron chi connectivity index (χ1n) is 15.1. The molecule has 9 heteroatoms. The number of carbonyl (C=O) groups is 3. The van der Waals surface area contributed by atoms with E-state index >= 15 is 0 Å². The third kappa shape index (κ3) is 4.84. The fourth-order valence-electron chi connectivity index (χ4n) is 7.34. The van der Waals surface area contributed by atoms with Gasteiger partial charge in [-0.2, -0.15) is 0 Å². The van der Waals surface area contributed by atoms with Crippen molar-refractivity contribution in [3.8, 4) is 5.75 Å². The van der Waals surface area contributed by atoms with Crippen molar-refractivity contribution in [2.75, 3.05) is 43.2 Å². The number of unbranched alkanes of at least 4 members (excludes halogenated alkanes) is 3. The van der Waals surface area contributed by atoms with Crippen molar-refractivity contribution in [3.05, 3.63) is 78.9 Å². The molecule has 1 spiro atoms. The number of ether oxygens (including phenoxy) is 2. The SMILES string of the molecule is COc1ccc(N2CC=C[C@]34O[C@@]5(C)C=CCN(c6ccccc6)C(=O)[C@H]5[C@H]3C(=O)N(CCCCCCO)C4C2=O)cc1. The second-order valence-corrected chi connectivity index (χ2v) is 11.9. The van der Waals surface area contributed by atoms with Gasteiger partial charge in [0.15, 0.2) is 0 Å². The second-order valence-electron chi connectivity index (χ2n) is 11.9. The number of benzene rings is 2. The lowest BCUT2D eigenvalue weighted by atomic mass is 9.74. The van der Waals surface area contributed by atoms with Crippen molar-refractivity contribution in [2.24, 2.45) is 11.8 Å². The zero-order chi connectivity index (χ0) is 30.2. The van der Waals surface area contributed by atoms with Crippen LogP contribution in [0.4, 0.5) is 11.4 Å². The molecule has 0 bridgehead atoms. The van der Waals surface area contributed by atoms with Crippen LogP contribution < -0.4 is 14.5 Å². The van der Waals surface area contributed by atoms with E-state index in [1.165, 1.54) is 0 Å². The number of carbonyl (C=O) groups excluding carboxylic acids is 3. The molecule has 0 aromatic heterocycles. The molecule has 0 aliphatic carbocycles. The molecule has 226 valence electrons. The highest BCUT2D eigenvalue weighted by Gasteiger charge is 2.74. The van der Waals surface area contributed by atoms with Gasteiger partial charge in [-0.25, -0.2) is 0 Å². The summed E-state index contributed by atoms with van der Waals surface area (Å²) in [6.45, 7) is 3.02. The molecule has 1 unspecified atom stereocenters. The van der Waals surface area contributed by atoms with Crippen LogP contribution in [-0.4, -0.2) is 78.3 Å². The summed E-state index contributed by atoms with van der Waals surface area (Å²) in [5.74, 6) is -1.65. The Morgan fingerprint density at radius 2 is 1.47 bits per heavy atom. The van der Waals surface area contributed by atoms with Crippen LogP contribution in [0, 0.1) is 11.8 Å². The lowest BCUT2D eigenvalue weighted by Gasteiger charge is -2.37. The highest BCUT2D eigenvalue weighted by Crippen LogP contribution is 2.57. The van der Waals surface area contributed by atoms with Gasteiger partial charge in [-0.3, -0.25) is 14.4 Å². The maximum Gasteiger partial charge on any atom is 0.253 e. The number of para-hydroxylation sites is 1. The zero-order valence-corrected chi connectivity index (χ0v) is 24.7. The molecule has 9 nitrogen and oxygen atoms in total. The van der Waals surface area contributed by atoms with Crippen LogP contribution in [0.25, 0.3) is 0 Å². The topological polar surface area (TPSA) is 99.6 Å². The maximum absolute atomic E-state index is 14.6. The van der Waals surface area contributed by atoms with E-state index in [2.05, 4.69) is 0 Å². The number of hydrogen-bond acceptors (Lipinski definition) is 6. The molecule has 2 aromatic carbocycles. The van der Waals surface area contributed by atoms with Gasteiger partial charge in [0.1, 0.15) is 17.4 Å². The van der Waals surface area contributed by atoms with Crippen LogP contribution in [0.15, 0.2) is 78.9 Å². The van der Waals surface area contributed by atoms with Crippen LogP contribution in [0.5, 0.6) is 5.75 Å². The first-order chi connectivity index (χ1) is 20.8. The van der Waals surface area contributed by atoms with E-state index in [0.29, 0.717) is 43.9 Å². The van der Waals surface area contributed by atoms with Gasteiger partial charge in [0.2, 0.25) is 11.8 Å². The summed E-state index contributed by atoms with van der Waals surface area (Å²) in [7, 11) is 1.59. The number of nitrogens with zero attached hydrogens (tertiary/aromatic N) is 3. The Morgan fingerprint density at radius 3 is 2.16 bits per heavy atom. The Kier molecular flexibility index (Phi) is 7.87. The highest BCUT2D eigenvalue weighted by atomic mass is 16.5. The molecule has 43 heavy (non-hydrogen) atoms. The van der Waals surface area contributed by atoms with Crippen LogP contribution in [0.2, 0.25) is 0 Å². The molecular weight excluding hydrogens is 546 g/mol. The lowest BCUT2D eigenvalue weighted by Crippen LogP contribution is -2.56. The molecule has 0 saturated carbocycles. The number of anilines is 2. The fraction of sp³-hybridized carbons (Fsp3) is 0.441. The van der Waals surface area contributed by atoms with E-state index in [4.69, 9.17) is 9.47 Å². The summed E-state index contributed by atoms with van der Waals surface area (Å²) < 4.78 is 12.2. The largest absolute Gasteiger partial charge is 0.497 e. The van der Waals surface area contributed by atoms with E-state index in [1.807, 2.05) is 73.7 Å². The normalized spacial score (nSPS) is 29.8. The Labute approximate surface area is 252 Å². The van der Waals surface area contributed by atoms with Gasteiger partial charge in [0.25, 0.3) is 5.91 Å². The second kappa shape index (κ2) is 11.6. The highest BCUT2D eigenvalue weighted by molar-refractivity contribution is 6.07. The minimum atomic E-state index is -1.31. The lowest BCUT2D eigenvalue weighted by molar-refractivity contribution is -0.144. The molecule has 2 fully saturated rings. The summed E-state index contributed by atoms with van der Waals surface area (Å²) in [5.41, 5.74) is -0.939. The van der Waals surface area contributed by atoms with E-state index < -0.39 is 29.1 Å². The number of aliphatic hydroxyl groups excluding tert-OH is 1. The Hall–Kier alpha value is -3.95. The van der Waals surface area contributed by atoms with E-state index in [-0.39, 0.29) is 24.3 Å². The molecule has 4 heterocycles. The van der Waals surface area contributed by atoms with Gasteiger partial charge in [0, 0.05) is 37.6 Å². The summed E-state index contributed by atoms with van der Waals surface area (Å²) in [5, 5.41) is 9.22. The number of fused-ring (bicyclic) bond motifs is 2. The average Bonchev–Trinajstić information content (AvgIpc) is 3.28. The zero-order valence-electron chi connectivity index (χ0n) is 24.7. The first kappa shape index (κ1) is 29.1. The van der Waals surface area contributed by atoms with Crippen LogP contribution in [0.1, 0.15) is 32.6 Å². The Balaban J connectivity index is 1.41. The third-order valence-electron chi connectivity index (χ3n) is 9.32. The molecular formula is C34H39N3O6. The number of likely N-dealkylation sites (tertiary alicyclic amines) is 1. The van der Waals surface area contributed by atoms with Gasteiger partial charge in [-0.05, 0) is 56.2 Å². The quantitative estimate of drug-likeness (QED) is 0.356. The minimum Gasteiger partial charge on any atom is -0.497 e. The smallest absolute Gasteiger partial charge is 0.253 e. The molecule has 5 atom stereocenters. The van der Waals surface area contributed by atoms with Gasteiger partial charge in [0.05, 0.1) is 24.5 Å². The number of rotatable bonds is 9. The molecule has 4 aliphatic heterocycles. The predicted molar refractivity (Wildman–Crippen MR) is 163 cm³/mol. The van der Waals surface area contributed by atoms with Crippen molar-refractivity contribution in [3.63, 3.8) is 0 Å². The molecule has 1 N–H and O–H groups in total. The van der Waals surface area contributed by atoms with Gasteiger partial charge in [-0.15, -0.1) is 0 Å². The van der Waals surface area contributed by atoms with Crippen LogP contribution in [0.3, 0.4) is 0 Å². The van der Waals surface area contributed by atoms with E-state index in [1.54, 1.807) is 33.9 Å². The predicted octanol–water partition coefficient (Wildman–Crippen LogP) is 3.72. The van der Waals surface area contributed by atoms with Crippen LogP contribution in [-0.2, 0) is 19.1 Å². The number of methoxy groups -OCH3 is 1. The van der Waals surface area contributed by atoms with E-state index in [0.717, 1.165) is 18.5 Å². The molecule has 4 aliphatic rings. The van der Waals surface area contributed by atoms with Crippen molar-refractivity contribution < 1.29 is 29.0 Å². The molecule has 6 rings (SSSR count). The average molecular weight is 586 g/mol. The van der Waals surface area contributed by atoms with Gasteiger partial charge in [-0.1, -0.05) is 55.3 Å². The summed E-state index contributed by atoms with van der Waals surface area (Å²) in [6.07, 6.45) is 10.6. The van der Waals surface area contributed by atoms with E-state index in [9.17, 15) is 19.5 Å². The Bertz CT molecular complexity index is 1430. The van der Waals surface area contributed by atoms with Gasteiger partial charge >= 0.3 is 0 Å². The molecule has 2 aromatic rings. The molecule has 2 saturated heterocycles. The minimum absolute atomic E-state index is 0.123.